The summed E-state index contributed by atoms with van der Waals surface area (Å²) in [6, 6.07) is 1.25. The SMILES string of the molecule is CC1(C)CCC(NS(=O)(=O)c2ccsc2C(=O)O)CC1. The third-order valence-electron chi connectivity index (χ3n) is 3.77. The Hall–Kier alpha value is -0.920. The zero-order valence-corrected chi connectivity index (χ0v) is 13.2. The molecule has 1 saturated carbocycles. The Morgan fingerprint density at radius 2 is 2.00 bits per heavy atom. The van der Waals surface area contributed by atoms with Crippen molar-refractivity contribution in [3.8, 4) is 0 Å². The number of carboxylic acid groups (broad SMARTS) is 1. The third-order valence-corrected chi connectivity index (χ3v) is 6.37. The summed E-state index contributed by atoms with van der Waals surface area (Å²) in [5, 5.41) is 10.5. The quantitative estimate of drug-likeness (QED) is 0.894. The first-order chi connectivity index (χ1) is 9.21. The van der Waals surface area contributed by atoms with E-state index in [-0.39, 0.29) is 21.2 Å². The second-order valence-corrected chi connectivity index (χ2v) is 8.58. The highest BCUT2D eigenvalue weighted by Crippen LogP contribution is 2.35. The van der Waals surface area contributed by atoms with Crippen LogP contribution in [0.5, 0.6) is 0 Å². The van der Waals surface area contributed by atoms with Crippen LogP contribution >= 0.6 is 11.3 Å². The largest absolute Gasteiger partial charge is 0.477 e. The molecule has 0 aromatic carbocycles. The van der Waals surface area contributed by atoms with Gasteiger partial charge in [-0.05, 0) is 42.5 Å². The lowest BCUT2D eigenvalue weighted by Gasteiger charge is -2.34. The molecule has 1 aromatic heterocycles. The molecule has 0 unspecified atom stereocenters. The summed E-state index contributed by atoms with van der Waals surface area (Å²) in [6.07, 6.45) is 3.52. The molecule has 1 aliphatic rings. The number of hydrogen-bond acceptors (Lipinski definition) is 4. The van der Waals surface area contributed by atoms with E-state index in [0.29, 0.717) is 0 Å². The lowest BCUT2D eigenvalue weighted by molar-refractivity contribution is 0.0698. The summed E-state index contributed by atoms with van der Waals surface area (Å²) < 4.78 is 27.2. The molecule has 5 nitrogen and oxygen atoms in total. The van der Waals surface area contributed by atoms with Gasteiger partial charge in [-0.25, -0.2) is 17.9 Å². The number of carboxylic acids is 1. The minimum atomic E-state index is -3.75. The van der Waals surface area contributed by atoms with Crippen LogP contribution in [0.25, 0.3) is 0 Å². The smallest absolute Gasteiger partial charge is 0.347 e. The van der Waals surface area contributed by atoms with Crippen molar-refractivity contribution in [3.63, 3.8) is 0 Å². The first-order valence-corrected chi connectivity index (χ1v) is 8.91. The number of sulfonamides is 1. The van der Waals surface area contributed by atoms with E-state index in [4.69, 9.17) is 5.11 Å². The van der Waals surface area contributed by atoms with Crippen LogP contribution in [-0.4, -0.2) is 25.5 Å². The van der Waals surface area contributed by atoms with E-state index in [9.17, 15) is 13.2 Å². The third kappa shape index (κ3) is 3.39. The van der Waals surface area contributed by atoms with Gasteiger partial charge in [-0.15, -0.1) is 11.3 Å². The average molecular weight is 317 g/mol. The van der Waals surface area contributed by atoms with Crippen molar-refractivity contribution >= 4 is 27.3 Å². The Kier molecular flexibility index (Phi) is 4.22. The Morgan fingerprint density at radius 1 is 1.40 bits per heavy atom. The van der Waals surface area contributed by atoms with Crippen LogP contribution < -0.4 is 4.72 Å². The molecule has 7 heteroatoms. The lowest BCUT2D eigenvalue weighted by atomic mass is 9.76. The lowest BCUT2D eigenvalue weighted by Crippen LogP contribution is -2.39. The van der Waals surface area contributed by atoms with E-state index in [1.807, 2.05) is 0 Å². The van der Waals surface area contributed by atoms with E-state index < -0.39 is 16.0 Å². The normalized spacial score (nSPS) is 19.9. The second kappa shape index (κ2) is 5.46. The fourth-order valence-corrected chi connectivity index (χ4v) is 5.03. The van der Waals surface area contributed by atoms with E-state index in [1.54, 1.807) is 0 Å². The molecule has 0 radical (unpaired) electrons. The van der Waals surface area contributed by atoms with E-state index in [0.717, 1.165) is 37.0 Å². The number of rotatable bonds is 4. The van der Waals surface area contributed by atoms with Gasteiger partial charge < -0.3 is 5.11 Å². The van der Waals surface area contributed by atoms with Crippen molar-refractivity contribution in [1.82, 2.24) is 4.72 Å². The maximum absolute atomic E-state index is 12.3. The summed E-state index contributed by atoms with van der Waals surface area (Å²) in [7, 11) is -3.75. The molecule has 20 heavy (non-hydrogen) atoms. The van der Waals surface area contributed by atoms with Crippen LogP contribution in [0.4, 0.5) is 0 Å². The van der Waals surface area contributed by atoms with Crippen LogP contribution in [0.3, 0.4) is 0 Å². The predicted molar refractivity (Wildman–Crippen MR) is 77.6 cm³/mol. The predicted octanol–water partition coefficient (Wildman–Crippen LogP) is 2.69. The standard InChI is InChI=1S/C13H19NO4S2/c1-13(2)6-3-9(4-7-13)14-20(17,18)10-5-8-19-11(10)12(15)16/h5,8-9,14H,3-4,6-7H2,1-2H3,(H,15,16). The molecule has 1 fully saturated rings. The maximum atomic E-state index is 12.3. The first kappa shape index (κ1) is 15.5. The number of carbonyl (C=O) groups is 1. The highest BCUT2D eigenvalue weighted by atomic mass is 32.2. The van der Waals surface area contributed by atoms with E-state index in [1.165, 1.54) is 11.4 Å². The summed E-state index contributed by atoms with van der Waals surface area (Å²) in [5.74, 6) is -1.20. The van der Waals surface area contributed by atoms with Gasteiger partial charge in [-0.3, -0.25) is 0 Å². The maximum Gasteiger partial charge on any atom is 0.347 e. The molecule has 0 bridgehead atoms. The minimum Gasteiger partial charge on any atom is -0.477 e. The fourth-order valence-electron chi connectivity index (χ4n) is 2.47. The molecule has 0 amide bonds. The number of nitrogens with one attached hydrogen (secondary N) is 1. The average Bonchev–Trinajstić information content (AvgIpc) is 2.82. The summed E-state index contributed by atoms with van der Waals surface area (Å²) in [6.45, 7) is 4.36. The molecule has 2 N–H and O–H groups in total. The zero-order valence-electron chi connectivity index (χ0n) is 11.5. The number of hydrogen-bond donors (Lipinski definition) is 2. The van der Waals surface area contributed by atoms with Gasteiger partial charge in [0.2, 0.25) is 10.0 Å². The summed E-state index contributed by atoms with van der Waals surface area (Å²) >= 11 is 0.928. The Balaban J connectivity index is 2.12. The minimum absolute atomic E-state index is 0.102. The topological polar surface area (TPSA) is 83.5 Å². The molecule has 0 aliphatic heterocycles. The number of aromatic carboxylic acids is 1. The Morgan fingerprint density at radius 3 is 2.55 bits per heavy atom. The van der Waals surface area contributed by atoms with Crippen molar-refractivity contribution in [2.24, 2.45) is 5.41 Å². The number of thiophene rings is 1. The van der Waals surface area contributed by atoms with Crippen molar-refractivity contribution in [3.05, 3.63) is 16.3 Å². The van der Waals surface area contributed by atoms with Gasteiger partial charge >= 0.3 is 5.97 Å². The molecule has 112 valence electrons. The fraction of sp³-hybridized carbons (Fsp3) is 0.615. The van der Waals surface area contributed by atoms with Gasteiger partial charge in [0, 0.05) is 6.04 Å². The molecule has 1 heterocycles. The van der Waals surface area contributed by atoms with Crippen molar-refractivity contribution < 1.29 is 18.3 Å². The van der Waals surface area contributed by atoms with Gasteiger partial charge in [0.25, 0.3) is 0 Å². The van der Waals surface area contributed by atoms with Crippen LogP contribution in [0.1, 0.15) is 49.2 Å². The van der Waals surface area contributed by atoms with Gasteiger partial charge in [0.15, 0.2) is 0 Å². The molecule has 0 saturated heterocycles. The second-order valence-electron chi connectivity index (χ2n) is 5.98. The van der Waals surface area contributed by atoms with Gasteiger partial charge in [0.05, 0.1) is 0 Å². The first-order valence-electron chi connectivity index (χ1n) is 6.54. The van der Waals surface area contributed by atoms with Crippen LogP contribution in [0.15, 0.2) is 16.3 Å². The van der Waals surface area contributed by atoms with E-state index in [2.05, 4.69) is 18.6 Å². The molecular weight excluding hydrogens is 298 g/mol. The monoisotopic (exact) mass is 317 g/mol. The highest BCUT2D eigenvalue weighted by Gasteiger charge is 2.31. The molecule has 0 spiro atoms. The van der Waals surface area contributed by atoms with E-state index >= 15 is 0 Å². The Labute approximate surface area is 123 Å². The van der Waals surface area contributed by atoms with Crippen LogP contribution in [0.2, 0.25) is 0 Å². The van der Waals surface area contributed by atoms with Crippen molar-refractivity contribution in [2.45, 2.75) is 50.5 Å². The molecule has 2 rings (SSSR count). The molecular formula is C13H19NO4S2. The molecule has 1 aromatic rings. The van der Waals surface area contributed by atoms with Crippen molar-refractivity contribution in [1.29, 1.82) is 0 Å². The summed E-state index contributed by atoms with van der Waals surface area (Å²) in [4.78, 5) is 10.8. The zero-order chi connectivity index (χ0) is 15.0. The van der Waals surface area contributed by atoms with Crippen LogP contribution in [0, 0.1) is 5.41 Å². The van der Waals surface area contributed by atoms with Crippen molar-refractivity contribution in [2.75, 3.05) is 0 Å². The highest BCUT2D eigenvalue weighted by molar-refractivity contribution is 7.89. The van der Waals surface area contributed by atoms with Crippen LogP contribution in [-0.2, 0) is 10.0 Å². The molecule has 0 atom stereocenters. The molecule has 1 aliphatic carbocycles. The van der Waals surface area contributed by atoms with Gasteiger partial charge in [-0.2, -0.15) is 0 Å². The van der Waals surface area contributed by atoms with Gasteiger partial charge in [-0.1, -0.05) is 13.8 Å². The van der Waals surface area contributed by atoms with Gasteiger partial charge in [0.1, 0.15) is 9.77 Å². The summed E-state index contributed by atoms with van der Waals surface area (Å²) in [5.41, 5.74) is 0.260. The Bertz CT molecular complexity index is 594.